The summed E-state index contributed by atoms with van der Waals surface area (Å²) in [5.74, 6) is 1.09. The summed E-state index contributed by atoms with van der Waals surface area (Å²) in [7, 11) is -2.30. The molecule has 0 saturated heterocycles. The molecule has 3 aromatic carbocycles. The van der Waals surface area contributed by atoms with E-state index in [4.69, 9.17) is 14.2 Å². The largest absolute Gasteiger partial charge is 0.497 e. The van der Waals surface area contributed by atoms with E-state index in [2.05, 4.69) is 10.0 Å². The van der Waals surface area contributed by atoms with Gasteiger partial charge in [-0.15, -0.1) is 0 Å². The van der Waals surface area contributed by atoms with Gasteiger partial charge in [0.2, 0.25) is 15.9 Å². The summed E-state index contributed by atoms with van der Waals surface area (Å²) in [6.45, 7) is 3.93. The summed E-state index contributed by atoms with van der Waals surface area (Å²) in [5.41, 5.74) is -0.122. The van der Waals surface area contributed by atoms with Gasteiger partial charge in [0, 0.05) is 6.54 Å². The van der Waals surface area contributed by atoms with Crippen molar-refractivity contribution in [3.63, 3.8) is 0 Å². The number of methoxy groups -OCH3 is 1. The van der Waals surface area contributed by atoms with Gasteiger partial charge in [-0.2, -0.15) is 4.72 Å². The fraction of sp³-hybridized carbons (Fsp3) is 0.296. The second-order valence-corrected chi connectivity index (χ2v) is 10.1. The average molecular weight is 513 g/mol. The van der Waals surface area contributed by atoms with Gasteiger partial charge in [-0.25, -0.2) is 8.42 Å². The molecule has 1 atom stereocenters. The molecule has 1 amide bonds. The van der Waals surface area contributed by atoms with Crippen LogP contribution in [0.3, 0.4) is 0 Å². The van der Waals surface area contributed by atoms with Gasteiger partial charge in [0.25, 0.3) is 0 Å². The molecule has 0 fully saturated rings. The molecule has 0 aliphatic carbocycles. The van der Waals surface area contributed by atoms with Crippen LogP contribution in [0.1, 0.15) is 25.0 Å². The number of benzene rings is 3. The van der Waals surface area contributed by atoms with E-state index >= 15 is 0 Å². The SMILES string of the molecule is CCOc1ccc(OCC(C)(NS(=O)(=O)Cc2ccccc2)C(=O)NCc2ccc(OC)cc2)cc1. The summed E-state index contributed by atoms with van der Waals surface area (Å²) >= 11 is 0. The number of ether oxygens (including phenoxy) is 3. The Morgan fingerprint density at radius 2 is 1.42 bits per heavy atom. The maximum atomic E-state index is 13.3. The van der Waals surface area contributed by atoms with E-state index in [1.165, 1.54) is 6.92 Å². The van der Waals surface area contributed by atoms with E-state index in [0.29, 0.717) is 29.4 Å². The molecule has 9 heteroatoms. The summed E-state index contributed by atoms with van der Waals surface area (Å²) in [6.07, 6.45) is 0. The number of carbonyl (C=O) groups excluding carboxylic acids is 1. The van der Waals surface area contributed by atoms with Crippen molar-refractivity contribution in [3.8, 4) is 17.2 Å². The molecule has 1 unspecified atom stereocenters. The van der Waals surface area contributed by atoms with Gasteiger partial charge in [-0.3, -0.25) is 4.79 Å². The fourth-order valence-corrected chi connectivity index (χ4v) is 5.00. The van der Waals surface area contributed by atoms with Gasteiger partial charge < -0.3 is 19.5 Å². The van der Waals surface area contributed by atoms with Gasteiger partial charge in [0.1, 0.15) is 29.4 Å². The third-order valence-electron chi connectivity index (χ3n) is 5.36. The smallest absolute Gasteiger partial charge is 0.244 e. The normalized spacial score (nSPS) is 12.9. The minimum absolute atomic E-state index is 0.210. The molecule has 3 aromatic rings. The maximum absolute atomic E-state index is 13.3. The standard InChI is InChI=1S/C27H32N2O6S/c1-4-34-24-14-16-25(17-15-24)35-20-27(2,29-36(31,32)19-22-8-6-5-7-9-22)26(30)28-18-21-10-12-23(33-3)13-11-21/h5-17,29H,4,18-20H2,1-3H3,(H,28,30). The molecule has 0 aliphatic heterocycles. The second-order valence-electron chi connectivity index (χ2n) is 8.40. The van der Waals surface area contributed by atoms with E-state index in [-0.39, 0.29) is 18.9 Å². The van der Waals surface area contributed by atoms with Crippen LogP contribution >= 0.6 is 0 Å². The molecule has 2 N–H and O–H groups in total. The van der Waals surface area contributed by atoms with Crippen molar-refractivity contribution in [2.24, 2.45) is 0 Å². The molecule has 0 spiro atoms. The summed E-state index contributed by atoms with van der Waals surface area (Å²) in [6, 6.07) is 22.9. The van der Waals surface area contributed by atoms with Gasteiger partial charge >= 0.3 is 0 Å². The lowest BCUT2D eigenvalue weighted by Crippen LogP contribution is -2.60. The predicted octanol–water partition coefficient (Wildman–Crippen LogP) is 3.67. The maximum Gasteiger partial charge on any atom is 0.244 e. The lowest BCUT2D eigenvalue weighted by Gasteiger charge is -2.29. The van der Waals surface area contributed by atoms with Crippen molar-refractivity contribution in [2.45, 2.75) is 31.7 Å². The highest BCUT2D eigenvalue weighted by Gasteiger charge is 2.38. The molecule has 0 radical (unpaired) electrons. The molecule has 8 nitrogen and oxygen atoms in total. The number of hydrogen-bond donors (Lipinski definition) is 2. The zero-order valence-corrected chi connectivity index (χ0v) is 21.5. The minimum atomic E-state index is -3.88. The Bertz CT molecular complexity index is 1220. The Kier molecular flexibility index (Phi) is 9.32. The number of nitrogens with one attached hydrogen (secondary N) is 2. The highest BCUT2D eigenvalue weighted by atomic mass is 32.2. The summed E-state index contributed by atoms with van der Waals surface area (Å²) < 4.78 is 45.0. The lowest BCUT2D eigenvalue weighted by molar-refractivity contribution is -0.127. The highest BCUT2D eigenvalue weighted by Crippen LogP contribution is 2.20. The topological polar surface area (TPSA) is 103 Å². The van der Waals surface area contributed by atoms with Crippen LogP contribution in [0, 0.1) is 0 Å². The van der Waals surface area contributed by atoms with Crippen LogP contribution in [0.5, 0.6) is 17.2 Å². The van der Waals surface area contributed by atoms with Crippen molar-refractivity contribution in [1.29, 1.82) is 0 Å². The van der Waals surface area contributed by atoms with Gasteiger partial charge in [-0.1, -0.05) is 42.5 Å². The van der Waals surface area contributed by atoms with Crippen molar-refractivity contribution in [3.05, 3.63) is 90.0 Å². The van der Waals surface area contributed by atoms with Crippen molar-refractivity contribution < 1.29 is 27.4 Å². The molecule has 0 heterocycles. The van der Waals surface area contributed by atoms with Gasteiger partial charge in [0.15, 0.2) is 0 Å². The first kappa shape index (κ1) is 27.0. The molecular formula is C27H32N2O6S. The van der Waals surface area contributed by atoms with Crippen LogP contribution in [-0.2, 0) is 27.1 Å². The number of carbonyl (C=O) groups is 1. The Morgan fingerprint density at radius 1 is 0.833 bits per heavy atom. The Labute approximate surface area is 212 Å². The third-order valence-corrected chi connectivity index (χ3v) is 6.83. The van der Waals surface area contributed by atoms with Crippen molar-refractivity contribution in [2.75, 3.05) is 20.3 Å². The molecule has 3 rings (SSSR count). The van der Waals surface area contributed by atoms with E-state index in [0.717, 1.165) is 5.56 Å². The van der Waals surface area contributed by atoms with Crippen LogP contribution in [0.25, 0.3) is 0 Å². The lowest BCUT2D eigenvalue weighted by atomic mass is 10.0. The first-order chi connectivity index (χ1) is 17.2. The zero-order valence-electron chi connectivity index (χ0n) is 20.7. The van der Waals surface area contributed by atoms with E-state index in [9.17, 15) is 13.2 Å². The molecule has 0 saturated carbocycles. The van der Waals surface area contributed by atoms with Gasteiger partial charge in [0.05, 0.1) is 19.5 Å². The van der Waals surface area contributed by atoms with Crippen molar-refractivity contribution in [1.82, 2.24) is 10.0 Å². The third kappa shape index (κ3) is 8.00. The van der Waals surface area contributed by atoms with Crippen LogP contribution in [0.15, 0.2) is 78.9 Å². The van der Waals surface area contributed by atoms with E-state index in [1.54, 1.807) is 67.8 Å². The molecule has 192 valence electrons. The van der Waals surface area contributed by atoms with E-state index < -0.39 is 21.5 Å². The highest BCUT2D eigenvalue weighted by molar-refractivity contribution is 7.88. The monoisotopic (exact) mass is 512 g/mol. The van der Waals surface area contributed by atoms with Crippen LogP contribution in [0.4, 0.5) is 0 Å². The molecule has 36 heavy (non-hydrogen) atoms. The molecular weight excluding hydrogens is 480 g/mol. The van der Waals surface area contributed by atoms with Crippen LogP contribution < -0.4 is 24.2 Å². The molecule has 0 bridgehead atoms. The average Bonchev–Trinajstić information content (AvgIpc) is 2.87. The Morgan fingerprint density at radius 3 is 2.00 bits per heavy atom. The Balaban J connectivity index is 1.75. The number of sulfonamides is 1. The van der Waals surface area contributed by atoms with Crippen molar-refractivity contribution >= 4 is 15.9 Å². The summed E-state index contributed by atoms with van der Waals surface area (Å²) in [4.78, 5) is 13.3. The van der Waals surface area contributed by atoms with E-state index in [1.807, 2.05) is 25.1 Å². The fourth-order valence-electron chi connectivity index (χ4n) is 3.46. The minimum Gasteiger partial charge on any atom is -0.497 e. The zero-order chi connectivity index (χ0) is 26.0. The first-order valence-electron chi connectivity index (χ1n) is 11.6. The summed E-state index contributed by atoms with van der Waals surface area (Å²) in [5, 5.41) is 2.82. The van der Waals surface area contributed by atoms with Crippen LogP contribution in [-0.4, -0.2) is 40.2 Å². The molecule has 0 aromatic heterocycles. The number of amides is 1. The molecule has 0 aliphatic rings. The number of rotatable bonds is 13. The number of hydrogen-bond acceptors (Lipinski definition) is 6. The second kappa shape index (κ2) is 12.4. The predicted molar refractivity (Wildman–Crippen MR) is 139 cm³/mol. The van der Waals surface area contributed by atoms with Gasteiger partial charge in [-0.05, 0) is 61.4 Å². The first-order valence-corrected chi connectivity index (χ1v) is 13.2. The van der Waals surface area contributed by atoms with Crippen LogP contribution in [0.2, 0.25) is 0 Å². The quantitative estimate of drug-likeness (QED) is 0.362. The Hall–Kier alpha value is -3.56.